The lowest BCUT2D eigenvalue weighted by Gasteiger charge is -2.14. The molecule has 0 amide bonds. The summed E-state index contributed by atoms with van der Waals surface area (Å²) in [5.41, 5.74) is -0.314. The first-order valence-electron chi connectivity index (χ1n) is 6.00. The molecule has 1 atom stereocenters. The van der Waals surface area contributed by atoms with Crippen LogP contribution in [0.1, 0.15) is 51.1 Å². The van der Waals surface area contributed by atoms with Crippen LogP contribution in [0, 0.1) is 6.92 Å². The van der Waals surface area contributed by atoms with Gasteiger partial charge in [0.1, 0.15) is 5.15 Å². The van der Waals surface area contributed by atoms with Gasteiger partial charge in [-0.05, 0) is 20.3 Å². The van der Waals surface area contributed by atoms with E-state index in [0.29, 0.717) is 5.56 Å². The zero-order valence-corrected chi connectivity index (χ0v) is 11.3. The molecule has 1 rings (SSSR count). The molecule has 0 saturated heterocycles. The number of hydrogen-bond donors (Lipinski definition) is 1. The number of nitrogens with one attached hydrogen (secondary N) is 1. The number of nitrogens with zero attached hydrogens (tertiary/aromatic N) is 1. The van der Waals surface area contributed by atoms with Crippen LogP contribution < -0.4 is 11.2 Å². The molecule has 1 heterocycles. The molecule has 1 aromatic rings. The predicted molar refractivity (Wildman–Crippen MR) is 69.9 cm³/mol. The fourth-order valence-corrected chi connectivity index (χ4v) is 2.00. The molecule has 0 saturated carbocycles. The first-order valence-corrected chi connectivity index (χ1v) is 6.37. The van der Waals surface area contributed by atoms with Gasteiger partial charge in [-0.25, -0.2) is 4.79 Å². The van der Waals surface area contributed by atoms with Gasteiger partial charge in [0, 0.05) is 11.6 Å². The molecule has 1 aromatic heterocycles. The first kappa shape index (κ1) is 14.0. The Morgan fingerprint density at radius 1 is 1.35 bits per heavy atom. The molecule has 1 N–H and O–H groups in total. The van der Waals surface area contributed by atoms with Crippen LogP contribution in [0.5, 0.6) is 0 Å². The Bertz CT molecular complexity index is 490. The Labute approximate surface area is 106 Å². The second-order valence-electron chi connectivity index (χ2n) is 4.39. The molecule has 0 radical (unpaired) electrons. The maximum absolute atomic E-state index is 11.9. The Morgan fingerprint density at radius 2 is 2.00 bits per heavy atom. The highest BCUT2D eigenvalue weighted by atomic mass is 35.5. The number of rotatable bonds is 5. The van der Waals surface area contributed by atoms with E-state index in [2.05, 4.69) is 11.9 Å². The van der Waals surface area contributed by atoms with Crippen LogP contribution in [-0.2, 0) is 0 Å². The molecule has 0 spiro atoms. The molecule has 4 nitrogen and oxygen atoms in total. The normalized spacial score (nSPS) is 12.7. The van der Waals surface area contributed by atoms with E-state index in [-0.39, 0.29) is 16.8 Å². The van der Waals surface area contributed by atoms with Gasteiger partial charge in [0.25, 0.3) is 5.56 Å². The van der Waals surface area contributed by atoms with Crippen molar-refractivity contribution in [1.82, 2.24) is 9.55 Å². The van der Waals surface area contributed by atoms with Crippen molar-refractivity contribution in [3.05, 3.63) is 31.6 Å². The summed E-state index contributed by atoms with van der Waals surface area (Å²) in [6.07, 6.45) is 4.09. The van der Waals surface area contributed by atoms with Gasteiger partial charge in [-0.1, -0.05) is 37.8 Å². The molecule has 0 aliphatic heterocycles. The maximum Gasteiger partial charge on any atom is 0.329 e. The summed E-state index contributed by atoms with van der Waals surface area (Å²) in [6, 6.07) is -0.0891. The van der Waals surface area contributed by atoms with Crippen LogP contribution in [0.15, 0.2) is 9.59 Å². The van der Waals surface area contributed by atoms with Crippen LogP contribution >= 0.6 is 11.6 Å². The van der Waals surface area contributed by atoms with Crippen LogP contribution in [-0.4, -0.2) is 9.55 Å². The molecule has 0 aliphatic rings. The minimum atomic E-state index is -0.422. The smallest absolute Gasteiger partial charge is 0.297 e. The molecule has 5 heteroatoms. The van der Waals surface area contributed by atoms with Crippen molar-refractivity contribution in [1.29, 1.82) is 0 Å². The Morgan fingerprint density at radius 3 is 2.59 bits per heavy atom. The number of halogens is 1. The molecule has 96 valence electrons. The Kier molecular flexibility index (Phi) is 5.00. The summed E-state index contributed by atoms with van der Waals surface area (Å²) in [7, 11) is 0. The largest absolute Gasteiger partial charge is 0.329 e. The third kappa shape index (κ3) is 3.22. The van der Waals surface area contributed by atoms with Crippen molar-refractivity contribution in [2.24, 2.45) is 0 Å². The summed E-state index contributed by atoms with van der Waals surface area (Å²) >= 11 is 5.75. The topological polar surface area (TPSA) is 54.9 Å². The fourth-order valence-electron chi connectivity index (χ4n) is 1.83. The van der Waals surface area contributed by atoms with Crippen molar-refractivity contribution in [2.45, 2.75) is 52.5 Å². The van der Waals surface area contributed by atoms with E-state index in [1.807, 2.05) is 6.92 Å². The third-order valence-corrected chi connectivity index (χ3v) is 3.35. The van der Waals surface area contributed by atoms with E-state index in [4.69, 9.17) is 11.6 Å². The van der Waals surface area contributed by atoms with Crippen molar-refractivity contribution >= 4 is 11.6 Å². The summed E-state index contributed by atoms with van der Waals surface area (Å²) in [5.74, 6) is 0. The number of hydrogen-bond acceptors (Lipinski definition) is 2. The van der Waals surface area contributed by atoms with Gasteiger partial charge < -0.3 is 0 Å². The maximum atomic E-state index is 11.9. The van der Waals surface area contributed by atoms with Crippen molar-refractivity contribution in [3.63, 3.8) is 0 Å². The average Bonchev–Trinajstić information content (AvgIpc) is 2.26. The highest BCUT2D eigenvalue weighted by molar-refractivity contribution is 6.30. The molecular weight excluding hydrogens is 240 g/mol. The van der Waals surface area contributed by atoms with Gasteiger partial charge in [-0.3, -0.25) is 14.3 Å². The quantitative estimate of drug-likeness (QED) is 0.652. The lowest BCUT2D eigenvalue weighted by Crippen LogP contribution is -2.38. The summed E-state index contributed by atoms with van der Waals surface area (Å²) in [5, 5.41) is 0.136. The number of aromatic amines is 1. The highest BCUT2D eigenvalue weighted by Crippen LogP contribution is 2.12. The van der Waals surface area contributed by atoms with Gasteiger partial charge >= 0.3 is 5.69 Å². The molecule has 0 aliphatic carbocycles. The lowest BCUT2D eigenvalue weighted by atomic mass is 10.1. The Hall–Kier alpha value is -1.03. The van der Waals surface area contributed by atoms with E-state index in [1.54, 1.807) is 6.92 Å². The minimum absolute atomic E-state index is 0.0891. The van der Waals surface area contributed by atoms with Gasteiger partial charge in [-0.2, -0.15) is 0 Å². The first-order chi connectivity index (χ1) is 7.99. The van der Waals surface area contributed by atoms with E-state index in [9.17, 15) is 9.59 Å². The van der Waals surface area contributed by atoms with Crippen LogP contribution in [0.25, 0.3) is 0 Å². The van der Waals surface area contributed by atoms with Crippen molar-refractivity contribution < 1.29 is 0 Å². The third-order valence-electron chi connectivity index (χ3n) is 2.97. The van der Waals surface area contributed by atoms with Gasteiger partial charge in [0.05, 0.1) is 0 Å². The van der Waals surface area contributed by atoms with Gasteiger partial charge in [0.15, 0.2) is 0 Å². The van der Waals surface area contributed by atoms with Crippen LogP contribution in [0.4, 0.5) is 0 Å². The standard InChI is InChI=1S/C12H19ClN2O2/c1-4-5-6-7-8(2)15-11(16)9(3)10(13)14-12(15)17/h8H,4-7H2,1-3H3,(H,14,17). The van der Waals surface area contributed by atoms with E-state index >= 15 is 0 Å². The number of aromatic nitrogens is 2. The second kappa shape index (κ2) is 6.05. The Balaban J connectivity index is 3.02. The van der Waals surface area contributed by atoms with E-state index in [0.717, 1.165) is 25.7 Å². The SMILES string of the molecule is CCCCCC(C)n1c(=O)[nH]c(Cl)c(C)c1=O. The monoisotopic (exact) mass is 258 g/mol. The van der Waals surface area contributed by atoms with Crippen LogP contribution in [0.3, 0.4) is 0 Å². The molecule has 17 heavy (non-hydrogen) atoms. The number of H-pyrrole nitrogens is 1. The summed E-state index contributed by atoms with van der Waals surface area (Å²) < 4.78 is 1.26. The minimum Gasteiger partial charge on any atom is -0.297 e. The fraction of sp³-hybridized carbons (Fsp3) is 0.667. The average molecular weight is 259 g/mol. The molecule has 1 unspecified atom stereocenters. The van der Waals surface area contributed by atoms with Gasteiger partial charge in [-0.15, -0.1) is 0 Å². The lowest BCUT2D eigenvalue weighted by molar-refractivity contribution is 0.446. The van der Waals surface area contributed by atoms with Crippen molar-refractivity contribution in [3.8, 4) is 0 Å². The highest BCUT2D eigenvalue weighted by Gasteiger charge is 2.13. The summed E-state index contributed by atoms with van der Waals surface area (Å²) in [4.78, 5) is 26.1. The predicted octanol–water partition coefficient (Wildman–Crippen LogP) is 2.64. The molecule has 0 bridgehead atoms. The van der Waals surface area contributed by atoms with E-state index < -0.39 is 5.69 Å². The number of unbranched alkanes of at least 4 members (excludes halogenated alkanes) is 2. The summed E-state index contributed by atoms with van der Waals surface area (Å²) in [6.45, 7) is 5.63. The van der Waals surface area contributed by atoms with Crippen LogP contribution in [0.2, 0.25) is 5.15 Å². The molecule has 0 fully saturated rings. The second-order valence-corrected chi connectivity index (χ2v) is 4.77. The zero-order chi connectivity index (χ0) is 13.0. The molecule has 0 aromatic carbocycles. The molecular formula is C12H19ClN2O2. The zero-order valence-electron chi connectivity index (χ0n) is 10.5. The van der Waals surface area contributed by atoms with Gasteiger partial charge in [0.2, 0.25) is 0 Å². The van der Waals surface area contributed by atoms with Crippen molar-refractivity contribution in [2.75, 3.05) is 0 Å². The van der Waals surface area contributed by atoms with E-state index in [1.165, 1.54) is 4.57 Å².